The predicted octanol–water partition coefficient (Wildman–Crippen LogP) is 5.84. The fourth-order valence-electron chi connectivity index (χ4n) is 4.27. The van der Waals surface area contributed by atoms with Gasteiger partial charge in [-0.2, -0.15) is 6.42 Å². The average Bonchev–Trinajstić information content (AvgIpc) is 3.06. The van der Waals surface area contributed by atoms with Crippen LogP contribution in [0.5, 0.6) is 0 Å². The second kappa shape index (κ2) is 13.2. The van der Waals surface area contributed by atoms with E-state index in [4.69, 9.17) is 0 Å². The van der Waals surface area contributed by atoms with Crippen LogP contribution in [0.25, 0.3) is 0 Å². The molecule has 2 rings (SSSR count). The minimum Gasteiger partial charge on any atom is -0.392 e. The summed E-state index contributed by atoms with van der Waals surface area (Å²) in [5, 5.41) is 10.7. The van der Waals surface area contributed by atoms with Crippen LogP contribution in [-0.4, -0.2) is 29.6 Å². The molecule has 3 nitrogen and oxygen atoms in total. The normalized spacial score (nSPS) is 18.0. The monoisotopic (exact) mass is 475 g/mol. The average molecular weight is 476 g/mol. The van der Waals surface area contributed by atoms with Crippen LogP contribution in [0.2, 0.25) is 0 Å². The van der Waals surface area contributed by atoms with E-state index in [1.54, 1.807) is 0 Å². The molecule has 1 saturated heterocycles. The fourth-order valence-corrected chi connectivity index (χ4v) is 4.27. The van der Waals surface area contributed by atoms with Gasteiger partial charge in [0.2, 0.25) is 0 Å². The Balaban J connectivity index is 0.00000420. The number of unbranched alkanes of at least 4 members (excludes halogenated alkanes) is 5. The first kappa shape index (κ1) is 26.8. The third-order valence-electron chi connectivity index (χ3n) is 6.43. The maximum absolute atomic E-state index is 12.4. The van der Waals surface area contributed by atoms with Crippen LogP contribution in [-0.2, 0) is 42.9 Å². The first-order valence-electron chi connectivity index (χ1n) is 11.3. The van der Waals surface area contributed by atoms with Crippen molar-refractivity contribution in [3.8, 4) is 0 Å². The van der Waals surface area contributed by atoms with E-state index in [1.807, 2.05) is 0 Å². The van der Waals surface area contributed by atoms with Gasteiger partial charge in [0.25, 0.3) is 0 Å². The van der Waals surface area contributed by atoms with Gasteiger partial charge in [0.15, 0.2) is 5.78 Å². The SMILES string of the molecule is [CH2-]CCCCCC1C(=O)CCN1c1ccc(C(C)(C)C(O)CCCCC)cc1.[Y]. The summed E-state index contributed by atoms with van der Waals surface area (Å²) in [7, 11) is 0. The molecule has 29 heavy (non-hydrogen) atoms. The Morgan fingerprint density at radius 2 is 1.83 bits per heavy atom. The van der Waals surface area contributed by atoms with Crippen LogP contribution in [0, 0.1) is 6.92 Å². The molecule has 1 aromatic carbocycles. The summed E-state index contributed by atoms with van der Waals surface area (Å²) in [6, 6.07) is 8.58. The largest absolute Gasteiger partial charge is 0.392 e. The van der Waals surface area contributed by atoms with Crippen molar-refractivity contribution in [3.05, 3.63) is 36.8 Å². The smallest absolute Gasteiger partial charge is 0.156 e. The quantitative estimate of drug-likeness (QED) is 0.305. The standard InChI is InChI=1S/C25H40NO2.Y/c1-5-7-9-11-12-22-23(27)18-19-26(22)21-16-14-20(15-17-21)25(3,4)24(28)13-10-8-6-2;/h14-17,22,24,28H,1,5-13,18-19H2,2-4H3;/q-1;. The summed E-state index contributed by atoms with van der Waals surface area (Å²) in [5.41, 5.74) is 2.03. The van der Waals surface area contributed by atoms with Gasteiger partial charge in [-0.25, -0.2) is 0 Å². The van der Waals surface area contributed by atoms with E-state index >= 15 is 0 Å². The number of rotatable bonds is 12. The first-order chi connectivity index (χ1) is 13.4. The Morgan fingerprint density at radius 3 is 2.45 bits per heavy atom. The summed E-state index contributed by atoms with van der Waals surface area (Å²) >= 11 is 0. The van der Waals surface area contributed by atoms with Crippen molar-refractivity contribution in [2.45, 2.75) is 103 Å². The number of hydrogen-bond acceptors (Lipinski definition) is 3. The van der Waals surface area contributed by atoms with Crippen molar-refractivity contribution in [1.29, 1.82) is 0 Å². The van der Waals surface area contributed by atoms with Crippen molar-refractivity contribution >= 4 is 11.5 Å². The van der Waals surface area contributed by atoms with Gasteiger partial charge in [0.1, 0.15) is 0 Å². The van der Waals surface area contributed by atoms with E-state index < -0.39 is 0 Å². The van der Waals surface area contributed by atoms with E-state index in [-0.39, 0.29) is 50.3 Å². The topological polar surface area (TPSA) is 40.5 Å². The molecule has 0 bridgehead atoms. The Labute approximate surface area is 203 Å². The number of benzene rings is 1. The van der Waals surface area contributed by atoms with Crippen molar-refractivity contribution in [2.24, 2.45) is 0 Å². The Bertz CT molecular complexity index is 599. The molecule has 1 radical (unpaired) electrons. The van der Waals surface area contributed by atoms with Crippen molar-refractivity contribution < 1.29 is 42.6 Å². The number of hydrogen-bond donors (Lipinski definition) is 1. The molecule has 1 heterocycles. The molecular weight excluding hydrogens is 435 g/mol. The predicted molar refractivity (Wildman–Crippen MR) is 119 cm³/mol. The van der Waals surface area contributed by atoms with Crippen molar-refractivity contribution in [1.82, 2.24) is 0 Å². The number of Topliss-reactive ketones (excluding diaryl/α,β-unsaturated/α-hetero) is 1. The molecule has 0 saturated carbocycles. The fraction of sp³-hybridized carbons (Fsp3) is 0.680. The number of aliphatic hydroxyl groups is 1. The van der Waals surface area contributed by atoms with Crippen LogP contribution >= 0.6 is 0 Å². The second-order valence-electron chi connectivity index (χ2n) is 8.91. The number of carbonyl (C=O) groups is 1. The minimum absolute atomic E-state index is 0. The van der Waals surface area contributed by atoms with Gasteiger partial charge in [0, 0.05) is 56.8 Å². The summed E-state index contributed by atoms with van der Waals surface area (Å²) in [6.07, 6.45) is 9.91. The maximum atomic E-state index is 12.4. The number of aliphatic hydroxyl groups excluding tert-OH is 1. The second-order valence-corrected chi connectivity index (χ2v) is 8.91. The zero-order valence-electron chi connectivity index (χ0n) is 18.8. The van der Waals surface area contributed by atoms with Gasteiger partial charge >= 0.3 is 0 Å². The molecule has 1 fully saturated rings. The van der Waals surface area contributed by atoms with Crippen LogP contribution in [0.1, 0.15) is 90.5 Å². The molecule has 1 aromatic rings. The zero-order chi connectivity index (χ0) is 20.6. The number of nitrogens with zero attached hydrogens (tertiary/aromatic N) is 1. The molecule has 0 spiro atoms. The molecule has 0 aromatic heterocycles. The van der Waals surface area contributed by atoms with Gasteiger partial charge in [-0.1, -0.05) is 71.4 Å². The molecule has 1 N–H and O–H groups in total. The molecule has 161 valence electrons. The summed E-state index contributed by atoms with van der Waals surface area (Å²) in [5.74, 6) is 0.380. The molecule has 2 atom stereocenters. The maximum Gasteiger partial charge on any atom is 0.156 e. The molecule has 1 aliphatic rings. The summed E-state index contributed by atoms with van der Waals surface area (Å²) < 4.78 is 0. The van der Waals surface area contributed by atoms with Gasteiger partial charge in [-0.15, -0.1) is 0 Å². The minimum atomic E-state index is -0.334. The molecule has 1 aliphatic heterocycles. The van der Waals surface area contributed by atoms with E-state index in [0.717, 1.165) is 62.7 Å². The van der Waals surface area contributed by atoms with E-state index in [0.29, 0.717) is 12.2 Å². The first-order valence-corrected chi connectivity index (χ1v) is 11.3. The van der Waals surface area contributed by atoms with Crippen LogP contribution in [0.15, 0.2) is 24.3 Å². The van der Waals surface area contributed by atoms with Gasteiger partial charge in [-0.05, 0) is 30.5 Å². The summed E-state index contributed by atoms with van der Waals surface area (Å²) in [4.78, 5) is 14.7. The van der Waals surface area contributed by atoms with Crippen molar-refractivity contribution in [2.75, 3.05) is 11.4 Å². The van der Waals surface area contributed by atoms with Gasteiger partial charge in [0.05, 0.1) is 12.1 Å². The number of anilines is 1. The Kier molecular flexibility index (Phi) is 12.2. The zero-order valence-corrected chi connectivity index (χ0v) is 21.7. The molecule has 0 amide bonds. The number of carbonyl (C=O) groups excluding carboxylic acids is 1. The van der Waals surface area contributed by atoms with E-state index in [9.17, 15) is 9.90 Å². The van der Waals surface area contributed by atoms with Gasteiger partial charge < -0.3 is 16.9 Å². The van der Waals surface area contributed by atoms with Crippen LogP contribution < -0.4 is 4.90 Å². The van der Waals surface area contributed by atoms with Gasteiger partial charge in [-0.3, -0.25) is 4.79 Å². The molecule has 4 heteroatoms. The third-order valence-corrected chi connectivity index (χ3v) is 6.43. The Morgan fingerprint density at radius 1 is 1.14 bits per heavy atom. The molecular formula is C25H40NO2Y-. The van der Waals surface area contributed by atoms with E-state index in [2.05, 4.69) is 56.9 Å². The molecule has 2 unspecified atom stereocenters. The third kappa shape index (κ3) is 7.44. The van der Waals surface area contributed by atoms with Crippen LogP contribution in [0.3, 0.4) is 0 Å². The summed E-state index contributed by atoms with van der Waals surface area (Å²) in [6.45, 7) is 11.2. The molecule has 0 aliphatic carbocycles. The van der Waals surface area contributed by atoms with Crippen LogP contribution in [0.4, 0.5) is 5.69 Å². The Hall–Kier alpha value is -0.246. The van der Waals surface area contributed by atoms with Crippen molar-refractivity contribution in [3.63, 3.8) is 0 Å². The van der Waals surface area contributed by atoms with E-state index in [1.165, 1.54) is 12.8 Å². The number of ketones is 1.